The van der Waals surface area contributed by atoms with E-state index in [0.29, 0.717) is 12.5 Å². The van der Waals surface area contributed by atoms with Gasteiger partial charge in [-0.25, -0.2) is 4.68 Å². The largest absolute Gasteiger partial charge is 0.326 e. The SMILES string of the molecule is NCc1cncc(-n2ccc(C3CC3)n2)c1. The summed E-state index contributed by atoms with van der Waals surface area (Å²) in [5.74, 6) is 0.687. The van der Waals surface area contributed by atoms with Crippen molar-refractivity contribution in [1.82, 2.24) is 14.8 Å². The predicted molar refractivity (Wildman–Crippen MR) is 61.2 cm³/mol. The fourth-order valence-electron chi connectivity index (χ4n) is 1.79. The van der Waals surface area contributed by atoms with E-state index in [9.17, 15) is 0 Å². The molecule has 0 atom stereocenters. The Morgan fingerprint density at radius 1 is 1.38 bits per heavy atom. The van der Waals surface area contributed by atoms with Crippen molar-refractivity contribution in [2.75, 3.05) is 0 Å². The van der Waals surface area contributed by atoms with Gasteiger partial charge >= 0.3 is 0 Å². The van der Waals surface area contributed by atoms with Crippen LogP contribution < -0.4 is 5.73 Å². The van der Waals surface area contributed by atoms with Crippen molar-refractivity contribution in [3.63, 3.8) is 0 Å². The summed E-state index contributed by atoms with van der Waals surface area (Å²) in [6, 6.07) is 4.11. The second-order valence-electron chi connectivity index (χ2n) is 4.21. The second kappa shape index (κ2) is 3.72. The fourth-order valence-corrected chi connectivity index (χ4v) is 1.79. The highest BCUT2D eigenvalue weighted by Gasteiger charge is 2.25. The highest BCUT2D eigenvalue weighted by atomic mass is 15.3. The average Bonchev–Trinajstić information content (AvgIpc) is 3.07. The molecule has 0 saturated heterocycles. The van der Waals surface area contributed by atoms with E-state index in [1.807, 2.05) is 23.1 Å². The van der Waals surface area contributed by atoms with E-state index in [0.717, 1.165) is 11.3 Å². The molecule has 1 aliphatic carbocycles. The zero-order chi connectivity index (χ0) is 11.0. The van der Waals surface area contributed by atoms with E-state index in [1.54, 1.807) is 6.20 Å². The Balaban J connectivity index is 1.93. The van der Waals surface area contributed by atoms with E-state index in [1.165, 1.54) is 18.5 Å². The number of nitrogens with zero attached hydrogens (tertiary/aromatic N) is 3. The normalized spacial score (nSPS) is 15.3. The molecule has 1 fully saturated rings. The van der Waals surface area contributed by atoms with E-state index in [4.69, 9.17) is 5.73 Å². The first-order chi connectivity index (χ1) is 7.86. The molecular weight excluding hydrogens is 200 g/mol. The number of hydrogen-bond acceptors (Lipinski definition) is 3. The lowest BCUT2D eigenvalue weighted by molar-refractivity contribution is 0.829. The van der Waals surface area contributed by atoms with E-state index in [2.05, 4.69) is 16.1 Å². The summed E-state index contributed by atoms with van der Waals surface area (Å²) in [5, 5.41) is 4.55. The first-order valence-corrected chi connectivity index (χ1v) is 5.57. The third-order valence-electron chi connectivity index (χ3n) is 2.89. The third kappa shape index (κ3) is 1.72. The van der Waals surface area contributed by atoms with Crippen LogP contribution in [0.3, 0.4) is 0 Å². The van der Waals surface area contributed by atoms with E-state index in [-0.39, 0.29) is 0 Å². The summed E-state index contributed by atoms with van der Waals surface area (Å²) < 4.78 is 1.87. The van der Waals surface area contributed by atoms with Gasteiger partial charge in [0.1, 0.15) is 0 Å². The van der Waals surface area contributed by atoms with Crippen molar-refractivity contribution in [3.8, 4) is 5.69 Å². The molecule has 2 aromatic rings. The van der Waals surface area contributed by atoms with Crippen LogP contribution in [-0.4, -0.2) is 14.8 Å². The summed E-state index contributed by atoms with van der Waals surface area (Å²) in [7, 11) is 0. The summed E-state index contributed by atoms with van der Waals surface area (Å²) in [6.07, 6.45) is 8.14. The maximum atomic E-state index is 5.59. The maximum absolute atomic E-state index is 5.59. The van der Waals surface area contributed by atoms with Crippen LogP contribution in [0.1, 0.15) is 30.0 Å². The van der Waals surface area contributed by atoms with Crippen LogP contribution >= 0.6 is 0 Å². The van der Waals surface area contributed by atoms with Gasteiger partial charge in [0, 0.05) is 24.9 Å². The minimum Gasteiger partial charge on any atom is -0.326 e. The molecule has 4 heteroatoms. The van der Waals surface area contributed by atoms with Gasteiger partial charge < -0.3 is 5.73 Å². The quantitative estimate of drug-likeness (QED) is 0.844. The lowest BCUT2D eigenvalue weighted by Crippen LogP contribution is -2.01. The molecule has 3 rings (SSSR count). The minimum absolute atomic E-state index is 0.511. The molecule has 0 bridgehead atoms. The lowest BCUT2D eigenvalue weighted by Gasteiger charge is -2.02. The van der Waals surface area contributed by atoms with Crippen LogP contribution in [0.4, 0.5) is 0 Å². The molecule has 2 aromatic heterocycles. The maximum Gasteiger partial charge on any atom is 0.0832 e. The molecule has 82 valence electrons. The number of nitrogens with two attached hydrogens (primary N) is 1. The highest BCUT2D eigenvalue weighted by Crippen LogP contribution is 2.38. The van der Waals surface area contributed by atoms with Crippen molar-refractivity contribution in [3.05, 3.63) is 42.0 Å². The Morgan fingerprint density at radius 2 is 2.25 bits per heavy atom. The monoisotopic (exact) mass is 214 g/mol. The summed E-state index contributed by atoms with van der Waals surface area (Å²) in [4.78, 5) is 4.16. The van der Waals surface area contributed by atoms with Crippen LogP contribution in [0.5, 0.6) is 0 Å². The van der Waals surface area contributed by atoms with Crippen LogP contribution in [0.15, 0.2) is 30.7 Å². The average molecular weight is 214 g/mol. The number of rotatable bonds is 3. The topological polar surface area (TPSA) is 56.7 Å². The van der Waals surface area contributed by atoms with Gasteiger partial charge in [-0.1, -0.05) is 0 Å². The van der Waals surface area contributed by atoms with Gasteiger partial charge in [-0.3, -0.25) is 4.98 Å². The van der Waals surface area contributed by atoms with E-state index < -0.39 is 0 Å². The van der Waals surface area contributed by atoms with Crippen LogP contribution in [-0.2, 0) is 6.54 Å². The number of pyridine rings is 1. The molecule has 16 heavy (non-hydrogen) atoms. The minimum atomic E-state index is 0.511. The summed E-state index contributed by atoms with van der Waals surface area (Å²) >= 11 is 0. The Hall–Kier alpha value is -1.68. The molecule has 0 amide bonds. The Labute approximate surface area is 94.1 Å². The molecule has 2 N–H and O–H groups in total. The highest BCUT2D eigenvalue weighted by molar-refractivity contribution is 5.32. The lowest BCUT2D eigenvalue weighted by atomic mass is 10.3. The number of aromatic nitrogens is 3. The van der Waals surface area contributed by atoms with Gasteiger partial charge in [-0.15, -0.1) is 0 Å². The fraction of sp³-hybridized carbons (Fsp3) is 0.333. The van der Waals surface area contributed by atoms with Gasteiger partial charge in [0.05, 0.1) is 17.6 Å². The molecule has 4 nitrogen and oxygen atoms in total. The molecule has 2 heterocycles. The van der Waals surface area contributed by atoms with Gasteiger partial charge in [0.15, 0.2) is 0 Å². The first kappa shape index (κ1) is 9.54. The summed E-state index contributed by atoms with van der Waals surface area (Å²) in [5.41, 5.74) is 8.79. The molecule has 0 aromatic carbocycles. The predicted octanol–water partition coefficient (Wildman–Crippen LogP) is 1.60. The molecule has 0 radical (unpaired) electrons. The van der Waals surface area contributed by atoms with Crippen molar-refractivity contribution >= 4 is 0 Å². The molecular formula is C12H14N4. The molecule has 0 aliphatic heterocycles. The van der Waals surface area contributed by atoms with Crippen LogP contribution in [0.2, 0.25) is 0 Å². The molecule has 1 saturated carbocycles. The Kier molecular flexibility index (Phi) is 2.22. The smallest absolute Gasteiger partial charge is 0.0832 e. The van der Waals surface area contributed by atoms with Crippen LogP contribution in [0.25, 0.3) is 5.69 Å². The van der Waals surface area contributed by atoms with Gasteiger partial charge in [0.25, 0.3) is 0 Å². The van der Waals surface area contributed by atoms with Crippen molar-refractivity contribution < 1.29 is 0 Å². The molecule has 0 unspecified atom stereocenters. The summed E-state index contributed by atoms with van der Waals surface area (Å²) in [6.45, 7) is 0.511. The zero-order valence-electron chi connectivity index (χ0n) is 9.00. The Morgan fingerprint density at radius 3 is 3.00 bits per heavy atom. The Bertz CT molecular complexity index is 499. The zero-order valence-corrected chi connectivity index (χ0v) is 9.00. The van der Waals surface area contributed by atoms with Crippen molar-refractivity contribution in [2.24, 2.45) is 5.73 Å². The third-order valence-corrected chi connectivity index (χ3v) is 2.89. The van der Waals surface area contributed by atoms with Crippen molar-refractivity contribution in [1.29, 1.82) is 0 Å². The van der Waals surface area contributed by atoms with Crippen LogP contribution in [0, 0.1) is 0 Å². The van der Waals surface area contributed by atoms with Gasteiger partial charge in [-0.2, -0.15) is 5.10 Å². The standard InChI is InChI=1S/C12H14N4/c13-6-9-5-11(8-14-7-9)16-4-3-12(15-16)10-1-2-10/h3-5,7-8,10H,1-2,6,13H2. The molecule has 0 spiro atoms. The molecule has 1 aliphatic rings. The first-order valence-electron chi connectivity index (χ1n) is 5.57. The van der Waals surface area contributed by atoms with Gasteiger partial charge in [0.2, 0.25) is 0 Å². The van der Waals surface area contributed by atoms with E-state index >= 15 is 0 Å². The second-order valence-corrected chi connectivity index (χ2v) is 4.21. The number of hydrogen-bond donors (Lipinski definition) is 1. The van der Waals surface area contributed by atoms with Gasteiger partial charge in [-0.05, 0) is 30.5 Å². The van der Waals surface area contributed by atoms with Crippen molar-refractivity contribution in [2.45, 2.75) is 25.3 Å².